The number of nitrogens with one attached hydrogen (secondary N) is 2. The van der Waals surface area contributed by atoms with Gasteiger partial charge in [0.05, 0.1) is 17.8 Å². The first-order valence-corrected chi connectivity index (χ1v) is 11.2. The van der Waals surface area contributed by atoms with Crippen LogP contribution in [0.25, 0.3) is 0 Å². The van der Waals surface area contributed by atoms with Crippen LogP contribution in [0.3, 0.4) is 0 Å². The van der Waals surface area contributed by atoms with Gasteiger partial charge in [-0.3, -0.25) is 4.99 Å². The van der Waals surface area contributed by atoms with Gasteiger partial charge < -0.3 is 15.1 Å². The van der Waals surface area contributed by atoms with Crippen LogP contribution in [-0.2, 0) is 16.3 Å². The molecule has 0 amide bonds. The topological polar surface area (TPSA) is 83.7 Å². The second kappa shape index (κ2) is 7.02. The maximum atomic E-state index is 11.7. The Kier molecular flexibility index (Phi) is 4.75. The number of furan rings is 1. The van der Waals surface area contributed by atoms with Crippen LogP contribution in [-0.4, -0.2) is 44.5 Å². The van der Waals surface area contributed by atoms with Gasteiger partial charge in [-0.15, -0.1) is 0 Å². The summed E-state index contributed by atoms with van der Waals surface area (Å²) in [5, 5.41) is 6.96. The number of hydrogen-bond donors (Lipinski definition) is 2. The number of guanidine groups is 1. The van der Waals surface area contributed by atoms with Crippen LogP contribution in [0, 0.1) is 11.8 Å². The lowest BCUT2D eigenvalue weighted by molar-refractivity contribution is 0.385. The van der Waals surface area contributed by atoms with Crippen molar-refractivity contribution in [1.29, 1.82) is 0 Å². The number of aliphatic imine (C=N–C) groups is 1. The Hall–Kier alpha value is -1.50. The second-order valence-corrected chi connectivity index (χ2v) is 9.96. The van der Waals surface area contributed by atoms with Crippen LogP contribution in [0.2, 0.25) is 0 Å². The molecule has 2 bridgehead atoms. The zero-order valence-electron chi connectivity index (χ0n) is 14.5. The molecule has 4 unspecified atom stereocenters. The molecule has 1 aliphatic heterocycles. The summed E-state index contributed by atoms with van der Waals surface area (Å²) >= 11 is 0. The highest BCUT2D eigenvalue weighted by Crippen LogP contribution is 2.44. The fraction of sp³-hybridized carbons (Fsp3) is 0.722. The minimum Gasteiger partial charge on any atom is -0.469 e. The van der Waals surface area contributed by atoms with Crippen molar-refractivity contribution in [3.05, 3.63) is 24.2 Å². The van der Waals surface area contributed by atoms with Crippen molar-refractivity contribution in [2.75, 3.05) is 18.1 Å². The van der Waals surface area contributed by atoms with Crippen LogP contribution in [0.15, 0.2) is 27.8 Å². The van der Waals surface area contributed by atoms with Crippen molar-refractivity contribution in [1.82, 2.24) is 10.6 Å². The zero-order valence-corrected chi connectivity index (χ0v) is 15.3. The Bertz CT molecular complexity index is 714. The fourth-order valence-electron chi connectivity index (χ4n) is 4.56. The van der Waals surface area contributed by atoms with Crippen LogP contribution in [0.5, 0.6) is 0 Å². The molecule has 3 aliphatic rings. The van der Waals surface area contributed by atoms with Crippen molar-refractivity contribution in [2.24, 2.45) is 16.8 Å². The number of rotatable bonds is 5. The summed E-state index contributed by atoms with van der Waals surface area (Å²) in [7, 11) is -2.89. The first-order valence-electron chi connectivity index (χ1n) is 9.38. The van der Waals surface area contributed by atoms with E-state index < -0.39 is 9.84 Å². The Labute approximate surface area is 149 Å². The van der Waals surface area contributed by atoms with E-state index in [1.807, 2.05) is 12.1 Å². The standard InChI is InChI=1S/C18H27N3O3S/c22-25(23)9-6-15(12-25)20-18(19-7-5-16-2-1-8-24-16)21-17-11-13-3-4-14(17)10-13/h1-2,8,13-15,17H,3-7,9-12H2,(H2,19,20,21). The number of hydrogen-bond acceptors (Lipinski definition) is 4. The van der Waals surface area contributed by atoms with Crippen molar-refractivity contribution >= 4 is 15.8 Å². The third kappa shape index (κ3) is 4.19. The lowest BCUT2D eigenvalue weighted by Gasteiger charge is -2.26. The molecule has 1 aromatic heterocycles. The molecule has 2 saturated carbocycles. The molecular weight excluding hydrogens is 338 g/mol. The highest BCUT2D eigenvalue weighted by atomic mass is 32.2. The smallest absolute Gasteiger partial charge is 0.191 e. The van der Waals surface area contributed by atoms with Crippen LogP contribution in [0.1, 0.15) is 37.9 Å². The normalized spacial score (nSPS) is 33.7. The van der Waals surface area contributed by atoms with Gasteiger partial charge in [0.25, 0.3) is 0 Å². The van der Waals surface area contributed by atoms with E-state index >= 15 is 0 Å². The quantitative estimate of drug-likeness (QED) is 0.613. The minimum atomic E-state index is -2.89. The van der Waals surface area contributed by atoms with Crippen molar-refractivity contribution in [3.63, 3.8) is 0 Å². The van der Waals surface area contributed by atoms with Crippen molar-refractivity contribution < 1.29 is 12.8 Å². The van der Waals surface area contributed by atoms with Gasteiger partial charge in [0.2, 0.25) is 0 Å². The Morgan fingerprint density at radius 1 is 1.24 bits per heavy atom. The second-order valence-electron chi connectivity index (χ2n) is 7.73. The Morgan fingerprint density at radius 3 is 2.80 bits per heavy atom. The molecule has 4 atom stereocenters. The minimum absolute atomic E-state index is 0.0292. The number of sulfone groups is 1. The third-order valence-corrected chi connectivity index (χ3v) is 7.61. The van der Waals surface area contributed by atoms with E-state index in [-0.39, 0.29) is 17.5 Å². The first kappa shape index (κ1) is 16.9. The molecule has 0 spiro atoms. The molecule has 0 radical (unpaired) electrons. The molecule has 1 aromatic rings. The van der Waals surface area contributed by atoms with Gasteiger partial charge in [0, 0.05) is 25.0 Å². The summed E-state index contributed by atoms with van der Waals surface area (Å²) in [5.74, 6) is 3.78. The average molecular weight is 365 g/mol. The number of fused-ring (bicyclic) bond motifs is 2. The summed E-state index contributed by atoms with van der Waals surface area (Å²) in [5.41, 5.74) is 0. The van der Waals surface area contributed by atoms with E-state index in [1.54, 1.807) is 6.26 Å². The summed E-state index contributed by atoms with van der Waals surface area (Å²) < 4.78 is 28.8. The molecule has 138 valence electrons. The van der Waals surface area contributed by atoms with Crippen LogP contribution < -0.4 is 10.6 Å². The molecule has 2 heterocycles. The summed E-state index contributed by atoms with van der Waals surface area (Å²) in [6.45, 7) is 0.628. The van der Waals surface area contributed by atoms with Crippen LogP contribution >= 0.6 is 0 Å². The van der Waals surface area contributed by atoms with Crippen molar-refractivity contribution in [3.8, 4) is 0 Å². The van der Waals surface area contributed by atoms with Gasteiger partial charge in [-0.05, 0) is 49.7 Å². The maximum Gasteiger partial charge on any atom is 0.191 e. The molecule has 7 heteroatoms. The SMILES string of the molecule is O=S1(=O)CCC(NC(=NCCc2ccco2)NC2CC3CCC2C3)C1. The molecule has 1 saturated heterocycles. The summed E-state index contributed by atoms with van der Waals surface area (Å²) in [6.07, 6.45) is 8.30. The molecule has 4 rings (SSSR count). The number of nitrogens with zero attached hydrogens (tertiary/aromatic N) is 1. The fourth-order valence-corrected chi connectivity index (χ4v) is 6.24. The van der Waals surface area contributed by atoms with Gasteiger partial charge in [0.1, 0.15) is 5.76 Å². The first-order chi connectivity index (χ1) is 12.1. The van der Waals surface area contributed by atoms with Gasteiger partial charge in [-0.1, -0.05) is 6.42 Å². The molecule has 3 fully saturated rings. The van der Waals surface area contributed by atoms with E-state index in [0.717, 1.165) is 30.0 Å². The van der Waals surface area contributed by atoms with E-state index in [1.165, 1.54) is 25.7 Å². The van der Waals surface area contributed by atoms with E-state index in [2.05, 4.69) is 10.6 Å². The average Bonchev–Trinajstić information content (AvgIpc) is 3.32. The molecule has 2 N–H and O–H groups in total. The lowest BCUT2D eigenvalue weighted by atomic mass is 9.95. The summed E-state index contributed by atoms with van der Waals surface area (Å²) in [4.78, 5) is 4.70. The van der Waals surface area contributed by atoms with Gasteiger partial charge in [-0.2, -0.15) is 0 Å². The van der Waals surface area contributed by atoms with Gasteiger partial charge in [-0.25, -0.2) is 8.42 Å². The van der Waals surface area contributed by atoms with E-state index in [0.29, 0.717) is 19.0 Å². The maximum absolute atomic E-state index is 11.7. The van der Waals surface area contributed by atoms with Crippen LogP contribution in [0.4, 0.5) is 0 Å². The highest BCUT2D eigenvalue weighted by Gasteiger charge is 2.40. The predicted molar refractivity (Wildman–Crippen MR) is 97.3 cm³/mol. The van der Waals surface area contributed by atoms with Crippen molar-refractivity contribution in [2.45, 2.75) is 50.6 Å². The zero-order chi connectivity index (χ0) is 17.3. The van der Waals surface area contributed by atoms with Gasteiger partial charge >= 0.3 is 0 Å². The Balaban J connectivity index is 1.39. The predicted octanol–water partition coefficient (Wildman–Crippen LogP) is 1.73. The molecule has 6 nitrogen and oxygen atoms in total. The molecule has 2 aliphatic carbocycles. The lowest BCUT2D eigenvalue weighted by Crippen LogP contribution is -2.49. The Morgan fingerprint density at radius 2 is 2.16 bits per heavy atom. The molecular formula is C18H27N3O3S. The van der Waals surface area contributed by atoms with E-state index in [4.69, 9.17) is 9.41 Å². The third-order valence-electron chi connectivity index (χ3n) is 5.84. The highest BCUT2D eigenvalue weighted by molar-refractivity contribution is 7.91. The summed E-state index contributed by atoms with van der Waals surface area (Å²) in [6, 6.07) is 4.29. The van der Waals surface area contributed by atoms with Gasteiger partial charge in [0.15, 0.2) is 15.8 Å². The molecule has 25 heavy (non-hydrogen) atoms. The monoisotopic (exact) mass is 365 g/mol. The van der Waals surface area contributed by atoms with E-state index in [9.17, 15) is 8.42 Å². The largest absolute Gasteiger partial charge is 0.469 e. The molecule has 0 aromatic carbocycles.